The van der Waals surface area contributed by atoms with E-state index in [1.807, 2.05) is 43.8 Å². The van der Waals surface area contributed by atoms with E-state index in [-0.39, 0.29) is 6.03 Å². The molecule has 0 radical (unpaired) electrons. The Hall–Kier alpha value is -1.82. The molecule has 0 bridgehead atoms. The summed E-state index contributed by atoms with van der Waals surface area (Å²) >= 11 is 1.63. The van der Waals surface area contributed by atoms with Gasteiger partial charge in [0, 0.05) is 30.9 Å². The number of aryl methyl sites for hydroxylation is 3. The Kier molecular flexibility index (Phi) is 4.44. The van der Waals surface area contributed by atoms with Crippen LogP contribution in [0.4, 0.5) is 4.79 Å². The molecule has 6 heteroatoms. The number of carbonyl (C=O) groups is 1. The molecule has 1 N–H and O–H groups in total. The molecule has 0 aliphatic heterocycles. The molecule has 0 aliphatic carbocycles. The lowest BCUT2D eigenvalue weighted by Gasteiger charge is -2.18. The van der Waals surface area contributed by atoms with E-state index in [1.165, 1.54) is 4.88 Å². The smallest absolute Gasteiger partial charge is 0.317 e. The lowest BCUT2D eigenvalue weighted by molar-refractivity contribution is 0.205. The summed E-state index contributed by atoms with van der Waals surface area (Å²) < 4.78 is 2.01. The van der Waals surface area contributed by atoms with E-state index in [2.05, 4.69) is 10.3 Å². The van der Waals surface area contributed by atoms with Gasteiger partial charge in [-0.25, -0.2) is 9.78 Å². The zero-order chi connectivity index (χ0) is 14.7. The van der Waals surface area contributed by atoms with E-state index in [0.717, 1.165) is 16.4 Å². The SMILES string of the molecule is Cc1nc(CNC(=O)N(C)Cc2cccn2C)sc1C. The van der Waals surface area contributed by atoms with Crippen LogP contribution in [0.1, 0.15) is 21.3 Å². The fraction of sp³-hybridized carbons (Fsp3) is 0.429. The first-order valence-corrected chi connectivity index (χ1v) is 7.31. The van der Waals surface area contributed by atoms with Crippen molar-refractivity contribution in [2.75, 3.05) is 7.05 Å². The van der Waals surface area contributed by atoms with Crippen molar-refractivity contribution in [1.82, 2.24) is 19.8 Å². The number of rotatable bonds is 4. The zero-order valence-electron chi connectivity index (χ0n) is 12.3. The maximum absolute atomic E-state index is 12.0. The fourth-order valence-corrected chi connectivity index (χ4v) is 2.75. The number of carbonyl (C=O) groups excluding carboxylic acids is 1. The number of nitrogens with zero attached hydrogens (tertiary/aromatic N) is 3. The van der Waals surface area contributed by atoms with Crippen LogP contribution in [0.25, 0.3) is 0 Å². The molecular formula is C14H20N4OS. The van der Waals surface area contributed by atoms with Gasteiger partial charge in [-0.15, -0.1) is 11.3 Å². The highest BCUT2D eigenvalue weighted by atomic mass is 32.1. The van der Waals surface area contributed by atoms with Gasteiger partial charge in [-0.3, -0.25) is 0 Å². The monoisotopic (exact) mass is 292 g/mol. The maximum Gasteiger partial charge on any atom is 0.317 e. The molecular weight excluding hydrogens is 272 g/mol. The number of hydrogen-bond donors (Lipinski definition) is 1. The highest BCUT2D eigenvalue weighted by Gasteiger charge is 2.11. The van der Waals surface area contributed by atoms with Gasteiger partial charge in [0.2, 0.25) is 0 Å². The van der Waals surface area contributed by atoms with Crippen LogP contribution in [0, 0.1) is 13.8 Å². The molecule has 0 unspecified atom stereocenters. The fourth-order valence-electron chi connectivity index (χ4n) is 1.88. The normalized spacial score (nSPS) is 10.6. The molecule has 5 nitrogen and oxygen atoms in total. The first-order chi connectivity index (χ1) is 9.47. The molecule has 20 heavy (non-hydrogen) atoms. The number of hydrogen-bond acceptors (Lipinski definition) is 3. The van der Waals surface area contributed by atoms with Gasteiger partial charge in [-0.2, -0.15) is 0 Å². The van der Waals surface area contributed by atoms with Crippen molar-refractivity contribution in [3.05, 3.63) is 39.6 Å². The lowest BCUT2D eigenvalue weighted by atomic mass is 10.4. The van der Waals surface area contributed by atoms with Gasteiger partial charge < -0.3 is 14.8 Å². The van der Waals surface area contributed by atoms with E-state index in [4.69, 9.17) is 0 Å². The van der Waals surface area contributed by atoms with Crippen LogP contribution in [-0.2, 0) is 20.1 Å². The van der Waals surface area contributed by atoms with Gasteiger partial charge in [0.05, 0.1) is 18.8 Å². The number of thiazole rings is 1. The molecule has 2 aromatic heterocycles. The van der Waals surface area contributed by atoms with Crippen molar-refractivity contribution in [3.8, 4) is 0 Å². The molecule has 0 spiro atoms. The quantitative estimate of drug-likeness (QED) is 0.941. The van der Waals surface area contributed by atoms with Crippen molar-refractivity contribution in [1.29, 1.82) is 0 Å². The Morgan fingerprint density at radius 1 is 1.50 bits per heavy atom. The van der Waals surface area contributed by atoms with Gasteiger partial charge in [-0.05, 0) is 26.0 Å². The van der Waals surface area contributed by atoms with E-state index >= 15 is 0 Å². The summed E-state index contributed by atoms with van der Waals surface area (Å²) in [4.78, 5) is 19.3. The minimum absolute atomic E-state index is 0.0864. The van der Waals surface area contributed by atoms with Crippen molar-refractivity contribution in [2.45, 2.75) is 26.9 Å². The van der Waals surface area contributed by atoms with Gasteiger partial charge in [-0.1, -0.05) is 0 Å². The molecule has 108 valence electrons. The molecule has 0 saturated carbocycles. The van der Waals surface area contributed by atoms with E-state index in [9.17, 15) is 4.79 Å². The predicted octanol–water partition coefficient (Wildman–Crippen LogP) is 2.44. The molecule has 2 amide bonds. The molecule has 0 atom stereocenters. The second-order valence-electron chi connectivity index (χ2n) is 4.87. The highest BCUT2D eigenvalue weighted by Crippen LogP contribution is 2.16. The van der Waals surface area contributed by atoms with E-state index in [0.29, 0.717) is 13.1 Å². The summed E-state index contributed by atoms with van der Waals surface area (Å²) in [7, 11) is 3.77. The van der Waals surface area contributed by atoms with Gasteiger partial charge in [0.1, 0.15) is 5.01 Å². The Bertz CT molecular complexity index is 583. The summed E-state index contributed by atoms with van der Waals surface area (Å²) in [5, 5.41) is 3.84. The minimum Gasteiger partial charge on any atom is -0.353 e. The van der Waals surface area contributed by atoms with Crippen LogP contribution >= 0.6 is 11.3 Å². The summed E-state index contributed by atoms with van der Waals surface area (Å²) in [5.41, 5.74) is 2.14. The first-order valence-electron chi connectivity index (χ1n) is 6.49. The van der Waals surface area contributed by atoms with Gasteiger partial charge in [0.15, 0.2) is 0 Å². The van der Waals surface area contributed by atoms with Crippen LogP contribution in [0.5, 0.6) is 0 Å². The first kappa shape index (κ1) is 14.6. The van der Waals surface area contributed by atoms with Crippen LogP contribution in [-0.4, -0.2) is 27.5 Å². The molecule has 2 heterocycles. The topological polar surface area (TPSA) is 50.2 Å². The number of nitrogens with one attached hydrogen (secondary N) is 1. The molecule has 0 aromatic carbocycles. The van der Waals surface area contributed by atoms with Crippen LogP contribution < -0.4 is 5.32 Å². The summed E-state index contributed by atoms with van der Waals surface area (Å²) in [6.45, 7) is 5.10. The molecule has 0 aliphatic rings. The second kappa shape index (κ2) is 6.09. The van der Waals surface area contributed by atoms with Gasteiger partial charge >= 0.3 is 6.03 Å². The highest BCUT2D eigenvalue weighted by molar-refractivity contribution is 7.11. The average molecular weight is 292 g/mol. The van der Waals surface area contributed by atoms with E-state index < -0.39 is 0 Å². The Balaban J connectivity index is 1.86. The molecule has 0 fully saturated rings. The summed E-state index contributed by atoms with van der Waals surface area (Å²) in [5.74, 6) is 0. The third kappa shape index (κ3) is 3.39. The largest absolute Gasteiger partial charge is 0.353 e. The number of aromatic nitrogens is 2. The van der Waals surface area contributed by atoms with Crippen molar-refractivity contribution < 1.29 is 4.79 Å². The van der Waals surface area contributed by atoms with Crippen molar-refractivity contribution in [3.63, 3.8) is 0 Å². The van der Waals surface area contributed by atoms with Crippen LogP contribution in [0.15, 0.2) is 18.3 Å². The number of amides is 2. The minimum atomic E-state index is -0.0864. The lowest BCUT2D eigenvalue weighted by Crippen LogP contribution is -2.36. The number of urea groups is 1. The maximum atomic E-state index is 12.0. The summed E-state index contributed by atoms with van der Waals surface area (Å²) in [6, 6.07) is 3.90. The van der Waals surface area contributed by atoms with Crippen LogP contribution in [0.2, 0.25) is 0 Å². The third-order valence-corrected chi connectivity index (χ3v) is 4.33. The van der Waals surface area contributed by atoms with Crippen LogP contribution in [0.3, 0.4) is 0 Å². The standard InChI is InChI=1S/C14H20N4OS/c1-10-11(2)20-13(16-10)8-15-14(19)18(4)9-12-6-5-7-17(12)3/h5-7H,8-9H2,1-4H3,(H,15,19). The Morgan fingerprint density at radius 2 is 2.25 bits per heavy atom. The second-order valence-corrected chi connectivity index (χ2v) is 6.16. The zero-order valence-corrected chi connectivity index (χ0v) is 13.1. The van der Waals surface area contributed by atoms with Gasteiger partial charge in [0.25, 0.3) is 0 Å². The summed E-state index contributed by atoms with van der Waals surface area (Å²) in [6.07, 6.45) is 1.97. The average Bonchev–Trinajstić information content (AvgIpc) is 2.94. The van der Waals surface area contributed by atoms with Crippen molar-refractivity contribution >= 4 is 17.4 Å². The Morgan fingerprint density at radius 3 is 2.80 bits per heavy atom. The molecule has 0 saturated heterocycles. The predicted molar refractivity (Wildman–Crippen MR) is 80.7 cm³/mol. The third-order valence-electron chi connectivity index (χ3n) is 3.26. The Labute approximate surface area is 123 Å². The molecule has 2 rings (SSSR count). The van der Waals surface area contributed by atoms with E-state index in [1.54, 1.807) is 23.3 Å². The van der Waals surface area contributed by atoms with Crippen molar-refractivity contribution in [2.24, 2.45) is 7.05 Å². The molecule has 2 aromatic rings.